The standard InChI is InChI=1S/C30H50O/c1-21(2)10-9-14-26(4)16-19-30(8)25-13-15-28(6)22(3)23(31)11-12-24(28)29(25,7)18-17-27(30,5)20-26/h10,22,24-25H,9,11-20H2,1-8H3/t22-,24+,25-,26-,27+,28-,29+,30-/m1/s1. The van der Waals surface area contributed by atoms with Gasteiger partial charge in [0.15, 0.2) is 0 Å². The first-order valence-corrected chi connectivity index (χ1v) is 13.5. The predicted octanol–water partition coefficient (Wildman–Crippen LogP) is 8.77. The van der Waals surface area contributed by atoms with Crippen LogP contribution in [0.4, 0.5) is 0 Å². The third kappa shape index (κ3) is 3.42. The molecule has 0 bridgehead atoms. The van der Waals surface area contributed by atoms with Gasteiger partial charge in [-0.15, -0.1) is 0 Å². The van der Waals surface area contributed by atoms with Crippen LogP contribution < -0.4 is 0 Å². The van der Waals surface area contributed by atoms with Crippen molar-refractivity contribution in [1.29, 1.82) is 0 Å². The van der Waals surface area contributed by atoms with Crippen molar-refractivity contribution >= 4 is 5.78 Å². The van der Waals surface area contributed by atoms with Gasteiger partial charge < -0.3 is 0 Å². The van der Waals surface area contributed by atoms with E-state index in [0.717, 1.165) is 24.7 Å². The van der Waals surface area contributed by atoms with Crippen molar-refractivity contribution in [2.24, 2.45) is 44.8 Å². The molecule has 0 heterocycles. The Hall–Kier alpha value is -0.590. The third-order valence-electron chi connectivity index (χ3n) is 12.2. The monoisotopic (exact) mass is 426 g/mol. The van der Waals surface area contributed by atoms with Gasteiger partial charge in [0.05, 0.1) is 0 Å². The molecule has 0 spiro atoms. The lowest BCUT2D eigenvalue weighted by Crippen LogP contribution is -2.64. The maximum absolute atomic E-state index is 12.7. The van der Waals surface area contributed by atoms with Gasteiger partial charge in [-0.1, -0.05) is 53.2 Å². The molecule has 0 aliphatic heterocycles. The molecule has 0 amide bonds. The zero-order chi connectivity index (χ0) is 22.9. The van der Waals surface area contributed by atoms with Crippen molar-refractivity contribution in [3.8, 4) is 0 Å². The Morgan fingerprint density at radius 2 is 1.61 bits per heavy atom. The molecule has 0 N–H and O–H groups in total. The van der Waals surface area contributed by atoms with Crippen LogP contribution in [-0.2, 0) is 4.79 Å². The van der Waals surface area contributed by atoms with E-state index in [9.17, 15) is 4.79 Å². The minimum absolute atomic E-state index is 0.234. The molecular weight excluding hydrogens is 376 g/mol. The zero-order valence-corrected chi connectivity index (χ0v) is 22.0. The topological polar surface area (TPSA) is 17.1 Å². The molecule has 0 aromatic rings. The van der Waals surface area contributed by atoms with Gasteiger partial charge in [-0.25, -0.2) is 0 Å². The van der Waals surface area contributed by atoms with Gasteiger partial charge in [0, 0.05) is 12.3 Å². The van der Waals surface area contributed by atoms with Crippen LogP contribution in [0.25, 0.3) is 0 Å². The summed E-state index contributed by atoms with van der Waals surface area (Å²) in [6.07, 6.45) is 16.7. The van der Waals surface area contributed by atoms with Crippen molar-refractivity contribution in [3.63, 3.8) is 0 Å². The first kappa shape index (κ1) is 23.6. The molecule has 4 rings (SSSR count). The average molecular weight is 427 g/mol. The van der Waals surface area contributed by atoms with Crippen molar-refractivity contribution in [2.45, 2.75) is 126 Å². The second kappa shape index (κ2) is 7.46. The number of hydrogen-bond donors (Lipinski definition) is 0. The number of hydrogen-bond acceptors (Lipinski definition) is 1. The number of carbonyl (C=O) groups is 1. The third-order valence-corrected chi connectivity index (χ3v) is 12.2. The molecule has 8 atom stereocenters. The molecule has 4 fully saturated rings. The van der Waals surface area contributed by atoms with Crippen LogP contribution in [0.15, 0.2) is 11.6 Å². The van der Waals surface area contributed by atoms with E-state index in [1.165, 1.54) is 63.4 Å². The van der Waals surface area contributed by atoms with Crippen LogP contribution in [0.1, 0.15) is 126 Å². The van der Waals surface area contributed by atoms with Crippen LogP contribution in [0.5, 0.6) is 0 Å². The highest BCUT2D eigenvalue weighted by Crippen LogP contribution is 2.75. The first-order chi connectivity index (χ1) is 14.3. The highest BCUT2D eigenvalue weighted by molar-refractivity contribution is 5.82. The molecule has 0 aromatic carbocycles. The SMILES string of the molecule is CC(C)=CCC[C@]1(C)CC[C@]2(C)[C@@H]3CC[C@@]4(C)[C@H](CCC(=O)[C@H]4C)[C@]3(C)CC[C@@]2(C)C1. The molecule has 1 nitrogen and oxygen atoms in total. The van der Waals surface area contributed by atoms with Gasteiger partial charge in [0.25, 0.3) is 0 Å². The summed E-state index contributed by atoms with van der Waals surface area (Å²) in [4.78, 5) is 12.7. The minimum Gasteiger partial charge on any atom is -0.299 e. The van der Waals surface area contributed by atoms with Crippen LogP contribution in [0, 0.1) is 44.8 Å². The van der Waals surface area contributed by atoms with Gasteiger partial charge in [0.1, 0.15) is 5.78 Å². The summed E-state index contributed by atoms with van der Waals surface area (Å²) >= 11 is 0. The molecule has 0 saturated heterocycles. The molecule has 0 aromatic heterocycles. The Morgan fingerprint density at radius 3 is 2.29 bits per heavy atom. The molecule has 176 valence electrons. The van der Waals surface area contributed by atoms with Crippen LogP contribution in [0.2, 0.25) is 0 Å². The number of allylic oxidation sites excluding steroid dienone is 2. The summed E-state index contributed by atoms with van der Waals surface area (Å²) in [5.74, 6) is 2.37. The number of ketones is 1. The van der Waals surface area contributed by atoms with E-state index in [0.29, 0.717) is 27.4 Å². The summed E-state index contributed by atoms with van der Waals surface area (Å²) in [5.41, 5.74) is 3.56. The van der Waals surface area contributed by atoms with Gasteiger partial charge in [-0.3, -0.25) is 4.79 Å². The second-order valence-electron chi connectivity index (χ2n) is 14.2. The molecule has 1 heteroatoms. The Morgan fingerprint density at radius 1 is 0.903 bits per heavy atom. The molecule has 4 aliphatic carbocycles. The highest BCUT2D eigenvalue weighted by Gasteiger charge is 2.67. The number of rotatable bonds is 3. The second-order valence-corrected chi connectivity index (χ2v) is 14.2. The van der Waals surface area contributed by atoms with Crippen LogP contribution in [-0.4, -0.2) is 5.78 Å². The summed E-state index contributed by atoms with van der Waals surface area (Å²) < 4.78 is 0. The summed E-state index contributed by atoms with van der Waals surface area (Å²) in [5, 5.41) is 0. The van der Waals surface area contributed by atoms with Gasteiger partial charge in [-0.2, -0.15) is 0 Å². The first-order valence-electron chi connectivity index (χ1n) is 13.5. The fraction of sp³-hybridized carbons (Fsp3) is 0.900. The Labute approximate surface area is 193 Å². The van der Waals surface area contributed by atoms with E-state index in [2.05, 4.69) is 61.5 Å². The molecule has 0 radical (unpaired) electrons. The highest BCUT2D eigenvalue weighted by atomic mass is 16.1. The Balaban J connectivity index is 1.61. The van der Waals surface area contributed by atoms with Crippen LogP contribution >= 0.6 is 0 Å². The maximum Gasteiger partial charge on any atom is 0.136 e. The fourth-order valence-electron chi connectivity index (χ4n) is 9.93. The van der Waals surface area contributed by atoms with E-state index >= 15 is 0 Å². The quantitative estimate of drug-likeness (QED) is 0.412. The Bertz CT molecular complexity index is 760. The van der Waals surface area contributed by atoms with Gasteiger partial charge >= 0.3 is 0 Å². The van der Waals surface area contributed by atoms with Crippen LogP contribution in [0.3, 0.4) is 0 Å². The molecule has 4 aliphatic rings. The van der Waals surface area contributed by atoms with Gasteiger partial charge in [0.2, 0.25) is 0 Å². The van der Waals surface area contributed by atoms with E-state index < -0.39 is 0 Å². The van der Waals surface area contributed by atoms with E-state index in [-0.39, 0.29) is 11.3 Å². The van der Waals surface area contributed by atoms with E-state index in [1.54, 1.807) is 0 Å². The molecular formula is C30H50O. The Kier molecular flexibility index (Phi) is 5.67. The lowest BCUT2D eigenvalue weighted by Gasteiger charge is -2.72. The number of fused-ring (bicyclic) bond motifs is 5. The molecule has 31 heavy (non-hydrogen) atoms. The van der Waals surface area contributed by atoms with Gasteiger partial charge in [-0.05, 0) is 117 Å². The summed E-state index contributed by atoms with van der Waals surface area (Å²) in [6, 6.07) is 0. The smallest absolute Gasteiger partial charge is 0.136 e. The van der Waals surface area contributed by atoms with Crippen molar-refractivity contribution < 1.29 is 4.79 Å². The zero-order valence-electron chi connectivity index (χ0n) is 22.0. The maximum atomic E-state index is 12.7. The molecule has 0 unspecified atom stereocenters. The fourth-order valence-corrected chi connectivity index (χ4v) is 9.93. The predicted molar refractivity (Wildman–Crippen MR) is 132 cm³/mol. The van der Waals surface area contributed by atoms with Crippen molar-refractivity contribution in [2.75, 3.05) is 0 Å². The van der Waals surface area contributed by atoms with Crippen molar-refractivity contribution in [3.05, 3.63) is 11.6 Å². The largest absolute Gasteiger partial charge is 0.299 e. The van der Waals surface area contributed by atoms with E-state index in [1.807, 2.05) is 0 Å². The lowest BCUT2D eigenvalue weighted by molar-refractivity contribution is -0.225. The normalized spacial score (nSPS) is 52.0. The van der Waals surface area contributed by atoms with Crippen molar-refractivity contribution in [1.82, 2.24) is 0 Å². The minimum atomic E-state index is 0.234. The number of carbonyl (C=O) groups excluding carboxylic acids is 1. The summed E-state index contributed by atoms with van der Waals surface area (Å²) in [6.45, 7) is 19.8. The average Bonchev–Trinajstić information content (AvgIpc) is 2.67. The molecule has 4 saturated carbocycles. The summed E-state index contributed by atoms with van der Waals surface area (Å²) in [7, 11) is 0. The van der Waals surface area contributed by atoms with E-state index in [4.69, 9.17) is 0 Å². The number of Topliss-reactive ketones (excluding diaryl/α,β-unsaturated/α-hetero) is 1. The lowest BCUT2D eigenvalue weighted by atomic mass is 9.33.